The Morgan fingerprint density at radius 2 is 1.79 bits per heavy atom. The number of hydrogen-bond acceptors (Lipinski definition) is 3. The number of aromatic nitrogens is 2. The number of hydrogen-bond donors (Lipinski definition) is 1. The highest BCUT2D eigenvalue weighted by atomic mass is 35.5. The number of para-hydroxylation sites is 1. The molecule has 3 aromatic rings. The van der Waals surface area contributed by atoms with Gasteiger partial charge in [0.15, 0.2) is 0 Å². The lowest BCUT2D eigenvalue weighted by Crippen LogP contribution is -2.41. The third-order valence-corrected chi connectivity index (χ3v) is 3.84. The molecule has 24 heavy (non-hydrogen) atoms. The maximum Gasteiger partial charge on any atom is 0.354 e. The molecular weight excluding hydrogens is 342 g/mol. The first-order chi connectivity index (χ1) is 11.3. The highest BCUT2D eigenvalue weighted by molar-refractivity contribution is 6.60. The van der Waals surface area contributed by atoms with E-state index >= 15 is 0 Å². The molecule has 0 saturated carbocycles. The van der Waals surface area contributed by atoms with Gasteiger partial charge in [-0.05, 0) is 30.3 Å². The molecule has 0 spiro atoms. The molecule has 1 heterocycles. The molecule has 112 valence electrons. The van der Waals surface area contributed by atoms with E-state index in [9.17, 15) is 4.79 Å². The fourth-order valence-corrected chi connectivity index (χ4v) is 2.75. The molecule has 2 aromatic carbocycles. The van der Waals surface area contributed by atoms with Crippen LogP contribution in [-0.2, 0) is 0 Å². The zero-order valence-corrected chi connectivity index (χ0v) is 13.8. The van der Waals surface area contributed by atoms with E-state index in [4.69, 9.17) is 46.7 Å². The van der Waals surface area contributed by atoms with Crippen LogP contribution in [0.5, 0.6) is 0 Å². The minimum Gasteiger partial charge on any atom is -0.389 e. The summed E-state index contributed by atoms with van der Waals surface area (Å²) in [6.07, 6.45) is 0. The fourth-order valence-electron chi connectivity index (χ4n) is 2.37. The highest BCUT2D eigenvalue weighted by Crippen LogP contribution is 2.28. The molecule has 0 aliphatic heterocycles. The maximum absolute atomic E-state index is 12.6. The van der Waals surface area contributed by atoms with E-state index in [0.29, 0.717) is 26.6 Å². The monoisotopic (exact) mass is 349 g/mol. The van der Waals surface area contributed by atoms with Crippen molar-refractivity contribution in [3.05, 3.63) is 63.0 Å². The zero-order valence-electron chi connectivity index (χ0n) is 12.3. The molecule has 0 atom stereocenters. The van der Waals surface area contributed by atoms with E-state index in [1.807, 2.05) is 0 Å². The van der Waals surface area contributed by atoms with Crippen molar-refractivity contribution in [2.75, 3.05) is 5.32 Å². The zero-order chi connectivity index (χ0) is 17.5. The summed E-state index contributed by atoms with van der Waals surface area (Å²) in [7, 11) is 16.7. The van der Waals surface area contributed by atoms with E-state index in [-0.39, 0.29) is 5.82 Å². The second-order valence-corrected chi connectivity index (χ2v) is 6.09. The summed E-state index contributed by atoms with van der Waals surface area (Å²) in [5.41, 5.74) is 0.391. The quantitative estimate of drug-likeness (QED) is 0.738. The van der Waals surface area contributed by atoms with Crippen molar-refractivity contribution >= 4 is 63.5 Å². The average Bonchev–Trinajstić information content (AvgIpc) is 2.47. The number of anilines is 1. The highest BCUT2D eigenvalue weighted by Gasteiger charge is 2.17. The van der Waals surface area contributed by atoms with Crippen LogP contribution in [0.3, 0.4) is 0 Å². The lowest BCUT2D eigenvalue weighted by atomic mass is 9.49. The standard InChI is InChI=1S/C15H8B3Cl2N3O/c16-15(17,18)22-13-9-6-5-8(19)7-12(9)23(14(24)21-13)11-4-2-1-3-10(11)20/h1-7H,(H,21,22,24). The van der Waals surface area contributed by atoms with Crippen molar-refractivity contribution in [2.45, 2.75) is 5.24 Å². The number of fused-ring (bicyclic) bond motifs is 1. The van der Waals surface area contributed by atoms with Gasteiger partial charge in [-0.1, -0.05) is 40.6 Å². The van der Waals surface area contributed by atoms with Crippen molar-refractivity contribution in [2.24, 2.45) is 0 Å². The van der Waals surface area contributed by atoms with Crippen LogP contribution in [0.1, 0.15) is 0 Å². The molecule has 0 aliphatic carbocycles. The SMILES string of the molecule is [B]C([B])([B])Nc1nc(=O)n(-c2ccccc2Cl)c2cc(Cl)ccc12. The first kappa shape index (κ1) is 17.0. The second kappa shape index (κ2) is 6.22. The molecule has 0 unspecified atom stereocenters. The number of halogens is 2. The summed E-state index contributed by atoms with van der Waals surface area (Å²) in [5, 5.41) is 2.28. The van der Waals surface area contributed by atoms with Gasteiger partial charge in [-0.15, -0.1) is 0 Å². The predicted octanol–water partition coefficient (Wildman–Crippen LogP) is 2.22. The van der Waals surface area contributed by atoms with Gasteiger partial charge in [0.25, 0.3) is 0 Å². The second-order valence-electron chi connectivity index (χ2n) is 5.25. The van der Waals surface area contributed by atoms with Crippen LogP contribution in [0, 0.1) is 0 Å². The first-order valence-corrected chi connectivity index (χ1v) is 7.64. The van der Waals surface area contributed by atoms with Crippen LogP contribution in [0.4, 0.5) is 5.82 Å². The van der Waals surface area contributed by atoms with E-state index < -0.39 is 10.9 Å². The predicted molar refractivity (Wildman–Crippen MR) is 101 cm³/mol. The van der Waals surface area contributed by atoms with E-state index in [1.54, 1.807) is 42.5 Å². The molecule has 0 saturated heterocycles. The van der Waals surface area contributed by atoms with E-state index in [0.717, 1.165) is 0 Å². The molecule has 0 aliphatic rings. The summed E-state index contributed by atoms with van der Waals surface area (Å²) >= 11 is 12.3. The Kier molecular flexibility index (Phi) is 4.41. The average molecular weight is 350 g/mol. The Hall–Kier alpha value is -1.85. The Balaban J connectivity index is 2.38. The van der Waals surface area contributed by atoms with Gasteiger partial charge in [-0.3, -0.25) is 4.57 Å². The Bertz CT molecular complexity index is 986. The molecule has 1 aromatic heterocycles. The maximum atomic E-state index is 12.6. The molecule has 3 rings (SSSR count). The summed E-state index contributed by atoms with van der Waals surface area (Å²) in [5.74, 6) is 0.155. The molecule has 0 fully saturated rings. The van der Waals surface area contributed by atoms with Crippen LogP contribution in [0.25, 0.3) is 16.6 Å². The summed E-state index contributed by atoms with van der Waals surface area (Å²) in [6, 6.07) is 11.9. The molecule has 1 N–H and O–H groups in total. The lowest BCUT2D eigenvalue weighted by molar-refractivity contribution is 0.956. The van der Waals surface area contributed by atoms with Crippen LogP contribution in [0.2, 0.25) is 10.0 Å². The van der Waals surface area contributed by atoms with Gasteiger partial charge < -0.3 is 5.32 Å². The van der Waals surface area contributed by atoms with Crippen molar-refractivity contribution in [1.29, 1.82) is 0 Å². The number of nitrogens with one attached hydrogen (secondary N) is 1. The third kappa shape index (κ3) is 3.33. The van der Waals surface area contributed by atoms with E-state index in [2.05, 4.69) is 10.3 Å². The summed E-state index contributed by atoms with van der Waals surface area (Å²) < 4.78 is 1.36. The van der Waals surface area contributed by atoms with Crippen molar-refractivity contribution in [1.82, 2.24) is 9.55 Å². The Morgan fingerprint density at radius 1 is 1.08 bits per heavy atom. The van der Waals surface area contributed by atoms with E-state index in [1.165, 1.54) is 4.57 Å². The molecular formula is C15H8B3Cl2N3O. The van der Waals surface area contributed by atoms with Crippen molar-refractivity contribution < 1.29 is 0 Å². The van der Waals surface area contributed by atoms with Crippen LogP contribution in [0.15, 0.2) is 47.3 Å². The Labute approximate surface area is 152 Å². The lowest BCUT2D eigenvalue weighted by Gasteiger charge is -2.24. The normalized spacial score (nSPS) is 11.6. The Morgan fingerprint density at radius 3 is 2.46 bits per heavy atom. The number of nitrogens with zero attached hydrogens (tertiary/aromatic N) is 2. The minimum absolute atomic E-state index is 0.155. The van der Waals surface area contributed by atoms with Gasteiger partial charge in [0, 0.05) is 10.4 Å². The minimum atomic E-state index is -1.73. The smallest absolute Gasteiger partial charge is 0.354 e. The topological polar surface area (TPSA) is 46.9 Å². The summed E-state index contributed by atoms with van der Waals surface area (Å²) in [6.45, 7) is 0. The summed E-state index contributed by atoms with van der Waals surface area (Å²) in [4.78, 5) is 16.6. The molecule has 0 amide bonds. The van der Waals surface area contributed by atoms with Crippen molar-refractivity contribution in [3.8, 4) is 5.69 Å². The van der Waals surface area contributed by atoms with Gasteiger partial charge in [-0.25, -0.2) is 4.79 Å². The third-order valence-electron chi connectivity index (χ3n) is 3.28. The number of benzene rings is 2. The molecule has 0 bridgehead atoms. The van der Waals surface area contributed by atoms with Gasteiger partial charge in [0.2, 0.25) is 0 Å². The van der Waals surface area contributed by atoms with Gasteiger partial charge in [0.05, 0.1) is 39.8 Å². The van der Waals surface area contributed by atoms with Crippen molar-refractivity contribution in [3.63, 3.8) is 0 Å². The molecule has 4 nitrogen and oxygen atoms in total. The first-order valence-electron chi connectivity index (χ1n) is 6.88. The van der Waals surface area contributed by atoms with Crippen LogP contribution in [-0.4, -0.2) is 38.3 Å². The van der Waals surface area contributed by atoms with Crippen LogP contribution >= 0.6 is 23.2 Å². The van der Waals surface area contributed by atoms with Gasteiger partial charge >= 0.3 is 5.69 Å². The van der Waals surface area contributed by atoms with Gasteiger partial charge in [0.1, 0.15) is 5.82 Å². The van der Waals surface area contributed by atoms with Gasteiger partial charge in [-0.2, -0.15) is 4.98 Å². The molecule has 6 radical (unpaired) electrons. The largest absolute Gasteiger partial charge is 0.389 e. The van der Waals surface area contributed by atoms with Crippen LogP contribution < -0.4 is 11.0 Å². The fraction of sp³-hybridized carbons (Fsp3) is 0.0667. The number of rotatable bonds is 3. The molecule has 9 heteroatoms.